The van der Waals surface area contributed by atoms with Crippen LogP contribution in [0.25, 0.3) is 11.1 Å². The van der Waals surface area contributed by atoms with Crippen molar-refractivity contribution in [2.24, 2.45) is 11.7 Å². The quantitative estimate of drug-likeness (QED) is 0.0993. The fourth-order valence-corrected chi connectivity index (χ4v) is 3.93. The highest BCUT2D eigenvalue weighted by Gasteiger charge is 2.24. The number of aliphatic hydroxyl groups is 2. The molecule has 0 aliphatic heterocycles. The molecule has 1 heterocycles. The molecule has 0 aliphatic rings. The zero-order valence-corrected chi connectivity index (χ0v) is 24.1. The molecule has 2 aromatic carbocycles. The number of rotatable bonds is 13. The molecule has 1 amide bonds. The van der Waals surface area contributed by atoms with Gasteiger partial charge in [-0.05, 0) is 35.2 Å². The molecule has 13 heteroatoms. The van der Waals surface area contributed by atoms with Crippen molar-refractivity contribution in [1.29, 1.82) is 0 Å². The summed E-state index contributed by atoms with van der Waals surface area (Å²) in [5.41, 5.74) is 9.84. The number of nitrogens with one attached hydrogen (secondary N) is 1. The second kappa shape index (κ2) is 14.2. The molecule has 3 aromatic rings. The third kappa shape index (κ3) is 8.46. The highest BCUT2D eigenvalue weighted by Crippen LogP contribution is 2.26. The first-order valence-electron chi connectivity index (χ1n) is 12.9. The Balaban J connectivity index is 1.83. The molecular weight excluding hydrogens is 569 g/mol. The molecule has 0 aliphatic carbocycles. The van der Waals surface area contributed by atoms with Gasteiger partial charge in [0.1, 0.15) is 35.1 Å². The lowest BCUT2D eigenvalue weighted by Gasteiger charge is -2.25. The molecule has 5 N–H and O–H groups in total. The van der Waals surface area contributed by atoms with Gasteiger partial charge in [0.25, 0.3) is 5.91 Å². The fourth-order valence-electron chi connectivity index (χ4n) is 3.76. The second-order valence-electron chi connectivity index (χ2n) is 9.98. The van der Waals surface area contributed by atoms with E-state index in [9.17, 15) is 29.0 Å². The van der Waals surface area contributed by atoms with Gasteiger partial charge < -0.3 is 20.7 Å². The number of ether oxygens (including phenoxy) is 1. The maximum atomic E-state index is 14.3. The van der Waals surface area contributed by atoms with Crippen LogP contribution in [0.2, 0.25) is 5.02 Å². The topological polar surface area (TPSA) is 160 Å². The van der Waals surface area contributed by atoms with E-state index in [0.717, 1.165) is 4.68 Å². The maximum Gasteiger partial charge on any atom is 0.324 e. The van der Waals surface area contributed by atoms with Crippen LogP contribution >= 0.6 is 11.6 Å². The first-order chi connectivity index (χ1) is 19.8. The van der Waals surface area contributed by atoms with Gasteiger partial charge in [0.05, 0.1) is 6.54 Å². The number of halogens is 2. The maximum absolute atomic E-state index is 14.3. The van der Waals surface area contributed by atoms with Crippen LogP contribution in [0.15, 0.2) is 60.9 Å². The van der Waals surface area contributed by atoms with Crippen molar-refractivity contribution in [3.8, 4) is 11.1 Å². The monoisotopic (exact) mass is 601 g/mol. The highest BCUT2D eigenvalue weighted by molar-refractivity contribution is 6.30. The smallest absolute Gasteiger partial charge is 0.324 e. The van der Waals surface area contributed by atoms with E-state index >= 15 is 0 Å². The van der Waals surface area contributed by atoms with Crippen molar-refractivity contribution in [2.45, 2.75) is 46.2 Å². The number of aliphatic hydroxyl groups excluding tert-OH is 2. The van der Waals surface area contributed by atoms with Gasteiger partial charge in [0.15, 0.2) is 12.5 Å². The summed E-state index contributed by atoms with van der Waals surface area (Å²) < 4.78 is 20.6. The summed E-state index contributed by atoms with van der Waals surface area (Å²) in [6.45, 7) is 7.39. The standard InChI is InChI=1S/C29H33ClFN5O6/c1-16(2)27(32)29(41)42-15-36-25(12-24(33-36)17(3)37)28(40)34-35(14-26(39)18(4)38)13-19-5-7-20(8-6-19)22-11-21(30)9-10-23(22)31/h5-12,16,26-27,38-39H,4,13-15,32H2,1-3H3,(H,34,40)/t26-,27+/m1/s1. The van der Waals surface area contributed by atoms with Gasteiger partial charge in [-0.1, -0.05) is 56.3 Å². The SMILES string of the molecule is C=C(O)[C@H](O)CN(Cc1ccc(-c2cc(Cl)ccc2F)cc1)NC(=O)c1cc(C(C)=O)nn1COC(=O)[C@@H](N)C(C)C. The summed E-state index contributed by atoms with van der Waals surface area (Å²) in [5.74, 6) is -3.02. The van der Waals surface area contributed by atoms with Crippen LogP contribution < -0.4 is 11.2 Å². The largest absolute Gasteiger partial charge is 0.510 e. The average Bonchev–Trinajstić information content (AvgIpc) is 3.38. The van der Waals surface area contributed by atoms with Crippen molar-refractivity contribution >= 4 is 29.3 Å². The number of ketones is 1. The number of hydrogen-bond acceptors (Lipinski definition) is 9. The van der Waals surface area contributed by atoms with E-state index in [-0.39, 0.29) is 30.4 Å². The number of esters is 1. The van der Waals surface area contributed by atoms with Crippen molar-refractivity contribution in [3.05, 3.63) is 88.7 Å². The molecule has 0 bridgehead atoms. The molecule has 1 aromatic heterocycles. The van der Waals surface area contributed by atoms with Gasteiger partial charge in [-0.2, -0.15) is 5.10 Å². The minimum Gasteiger partial charge on any atom is -0.510 e. The lowest BCUT2D eigenvalue weighted by molar-refractivity contribution is -0.150. The summed E-state index contributed by atoms with van der Waals surface area (Å²) in [4.78, 5) is 37.6. The number of hydrogen-bond donors (Lipinski definition) is 4. The minimum atomic E-state index is -1.42. The van der Waals surface area contributed by atoms with Crippen LogP contribution in [0.1, 0.15) is 47.3 Å². The molecule has 0 saturated carbocycles. The van der Waals surface area contributed by atoms with Crippen LogP contribution in [-0.2, 0) is 22.8 Å². The van der Waals surface area contributed by atoms with E-state index in [2.05, 4.69) is 17.1 Å². The number of carbonyl (C=O) groups is 3. The van der Waals surface area contributed by atoms with Gasteiger partial charge in [-0.25, -0.2) is 14.1 Å². The zero-order valence-electron chi connectivity index (χ0n) is 23.4. The number of Topliss-reactive ketones (excluding diaryl/α,β-unsaturated/α-hetero) is 1. The average molecular weight is 602 g/mol. The van der Waals surface area contributed by atoms with Crippen molar-refractivity contribution in [2.75, 3.05) is 6.54 Å². The number of benzene rings is 2. The molecule has 11 nitrogen and oxygen atoms in total. The predicted octanol–water partition coefficient (Wildman–Crippen LogP) is 3.61. The molecule has 3 rings (SSSR count). The molecule has 0 spiro atoms. The van der Waals surface area contributed by atoms with Crippen LogP contribution in [0.3, 0.4) is 0 Å². The Morgan fingerprint density at radius 3 is 2.45 bits per heavy atom. The number of amides is 1. The summed E-state index contributed by atoms with van der Waals surface area (Å²) in [7, 11) is 0. The molecule has 0 saturated heterocycles. The summed E-state index contributed by atoms with van der Waals surface area (Å²) in [6.07, 6.45) is -1.42. The van der Waals surface area contributed by atoms with Gasteiger partial charge in [0.2, 0.25) is 0 Å². The Morgan fingerprint density at radius 2 is 1.86 bits per heavy atom. The molecule has 224 valence electrons. The van der Waals surface area contributed by atoms with Crippen molar-refractivity contribution in [3.63, 3.8) is 0 Å². The van der Waals surface area contributed by atoms with Gasteiger partial charge in [-0.15, -0.1) is 0 Å². The lowest BCUT2D eigenvalue weighted by atomic mass is 10.0. The van der Waals surface area contributed by atoms with Gasteiger partial charge in [-0.3, -0.25) is 19.8 Å². The van der Waals surface area contributed by atoms with E-state index in [4.69, 9.17) is 22.1 Å². The van der Waals surface area contributed by atoms with E-state index in [1.165, 1.54) is 36.2 Å². The third-order valence-electron chi connectivity index (χ3n) is 6.30. The Hall–Kier alpha value is -4.10. The highest BCUT2D eigenvalue weighted by atomic mass is 35.5. The van der Waals surface area contributed by atoms with Gasteiger partial charge in [0, 0.05) is 30.1 Å². The van der Waals surface area contributed by atoms with E-state index in [0.29, 0.717) is 21.7 Å². The van der Waals surface area contributed by atoms with Gasteiger partial charge >= 0.3 is 5.97 Å². The van der Waals surface area contributed by atoms with E-state index < -0.39 is 48.1 Å². The molecule has 0 fully saturated rings. The number of carbonyl (C=O) groups excluding carboxylic acids is 3. The summed E-state index contributed by atoms with van der Waals surface area (Å²) in [6, 6.07) is 11.3. The minimum absolute atomic E-state index is 0.0384. The summed E-state index contributed by atoms with van der Waals surface area (Å²) >= 11 is 6.01. The molecular formula is C29H33ClFN5O6. The van der Waals surface area contributed by atoms with Crippen LogP contribution in [0.4, 0.5) is 4.39 Å². The number of nitrogens with two attached hydrogens (primary N) is 1. The summed E-state index contributed by atoms with van der Waals surface area (Å²) in [5, 5.41) is 25.7. The Labute approximate surface area is 247 Å². The van der Waals surface area contributed by atoms with Crippen LogP contribution in [-0.4, -0.2) is 61.4 Å². The Morgan fingerprint density at radius 1 is 1.19 bits per heavy atom. The second-order valence-corrected chi connectivity index (χ2v) is 10.4. The van der Waals surface area contributed by atoms with Crippen molar-refractivity contribution in [1.82, 2.24) is 20.2 Å². The molecule has 0 unspecified atom stereocenters. The molecule has 42 heavy (non-hydrogen) atoms. The normalized spacial score (nSPS) is 12.7. The number of nitrogens with zero attached hydrogens (tertiary/aromatic N) is 3. The predicted molar refractivity (Wildman–Crippen MR) is 154 cm³/mol. The lowest BCUT2D eigenvalue weighted by Crippen LogP contribution is -2.46. The molecule has 2 atom stereocenters. The zero-order chi connectivity index (χ0) is 31.1. The third-order valence-corrected chi connectivity index (χ3v) is 6.53. The fraction of sp³-hybridized carbons (Fsp3) is 0.310. The number of hydrazine groups is 1. The van der Waals surface area contributed by atoms with E-state index in [1.54, 1.807) is 38.1 Å². The number of aromatic nitrogens is 2. The first-order valence-corrected chi connectivity index (χ1v) is 13.3. The van der Waals surface area contributed by atoms with E-state index in [1.807, 2.05) is 0 Å². The first kappa shape index (κ1) is 32.4. The van der Waals surface area contributed by atoms with Crippen LogP contribution in [0.5, 0.6) is 0 Å². The van der Waals surface area contributed by atoms with Crippen molar-refractivity contribution < 1.29 is 33.7 Å². The Bertz CT molecular complexity index is 1460. The Kier molecular flexibility index (Phi) is 10.9. The van der Waals surface area contributed by atoms with Crippen LogP contribution in [0, 0.1) is 11.7 Å². The molecule has 0 radical (unpaired) electrons.